The SMILES string of the molecule is Cc1ccc(NC(=O)[C@@H](c2ccccc2)[NH+]2C[C@H](C)C[C@H](C)C2)cc1. The van der Waals surface area contributed by atoms with Crippen molar-refractivity contribution < 1.29 is 9.69 Å². The van der Waals surface area contributed by atoms with Crippen LogP contribution in [-0.2, 0) is 4.79 Å². The van der Waals surface area contributed by atoms with E-state index in [0.29, 0.717) is 11.8 Å². The Labute approximate surface area is 151 Å². The third kappa shape index (κ3) is 4.49. The maximum absolute atomic E-state index is 13.2. The molecule has 1 saturated heterocycles. The fourth-order valence-corrected chi connectivity index (χ4v) is 4.14. The Morgan fingerprint density at radius 1 is 1.00 bits per heavy atom. The van der Waals surface area contributed by atoms with Gasteiger partial charge >= 0.3 is 0 Å². The van der Waals surface area contributed by atoms with Crippen LogP contribution >= 0.6 is 0 Å². The molecule has 1 unspecified atom stereocenters. The van der Waals surface area contributed by atoms with Gasteiger partial charge in [-0.3, -0.25) is 4.79 Å². The number of benzene rings is 2. The Morgan fingerprint density at radius 2 is 1.60 bits per heavy atom. The van der Waals surface area contributed by atoms with Crippen molar-refractivity contribution in [3.63, 3.8) is 0 Å². The Kier molecular flexibility index (Phi) is 5.54. The fraction of sp³-hybridized carbons (Fsp3) is 0.409. The number of carbonyl (C=O) groups excluding carboxylic acids is 1. The molecule has 1 fully saturated rings. The van der Waals surface area contributed by atoms with Gasteiger partial charge in [0.05, 0.1) is 13.1 Å². The third-order valence-corrected chi connectivity index (χ3v) is 5.15. The molecule has 132 valence electrons. The van der Waals surface area contributed by atoms with Crippen molar-refractivity contribution >= 4 is 11.6 Å². The highest BCUT2D eigenvalue weighted by molar-refractivity contribution is 5.94. The Hall–Kier alpha value is -2.13. The first-order valence-electron chi connectivity index (χ1n) is 9.30. The first kappa shape index (κ1) is 17.7. The molecule has 2 N–H and O–H groups in total. The molecule has 3 heteroatoms. The second-order valence-electron chi connectivity index (χ2n) is 7.71. The van der Waals surface area contributed by atoms with Crippen molar-refractivity contribution in [1.29, 1.82) is 0 Å². The van der Waals surface area contributed by atoms with E-state index in [1.807, 2.05) is 42.5 Å². The second kappa shape index (κ2) is 7.83. The van der Waals surface area contributed by atoms with Crippen LogP contribution in [-0.4, -0.2) is 19.0 Å². The van der Waals surface area contributed by atoms with Gasteiger partial charge in [-0.1, -0.05) is 61.9 Å². The smallest absolute Gasteiger partial charge is 0.287 e. The van der Waals surface area contributed by atoms with E-state index in [-0.39, 0.29) is 11.9 Å². The number of amides is 1. The zero-order valence-electron chi connectivity index (χ0n) is 15.5. The number of rotatable bonds is 4. The zero-order valence-corrected chi connectivity index (χ0v) is 15.5. The summed E-state index contributed by atoms with van der Waals surface area (Å²) in [5.74, 6) is 1.39. The topological polar surface area (TPSA) is 33.5 Å². The normalized spacial score (nSPS) is 24.5. The average molecular weight is 337 g/mol. The van der Waals surface area contributed by atoms with Crippen molar-refractivity contribution in [2.24, 2.45) is 11.8 Å². The summed E-state index contributed by atoms with van der Waals surface area (Å²) in [6.07, 6.45) is 1.25. The quantitative estimate of drug-likeness (QED) is 0.882. The Balaban J connectivity index is 1.85. The summed E-state index contributed by atoms with van der Waals surface area (Å²) in [5, 5.41) is 3.13. The van der Waals surface area contributed by atoms with Crippen molar-refractivity contribution in [3.05, 3.63) is 65.7 Å². The molecule has 1 aliphatic heterocycles. The molecular weight excluding hydrogens is 308 g/mol. The molecule has 2 aromatic rings. The first-order valence-corrected chi connectivity index (χ1v) is 9.30. The second-order valence-corrected chi connectivity index (χ2v) is 7.71. The van der Waals surface area contributed by atoms with Gasteiger partial charge < -0.3 is 10.2 Å². The minimum Gasteiger partial charge on any atom is -0.321 e. The maximum atomic E-state index is 13.2. The van der Waals surface area contributed by atoms with Crippen molar-refractivity contribution in [3.8, 4) is 0 Å². The molecule has 0 saturated carbocycles. The molecule has 3 rings (SSSR count). The van der Waals surface area contributed by atoms with E-state index in [9.17, 15) is 4.79 Å². The van der Waals surface area contributed by atoms with Crippen LogP contribution < -0.4 is 10.2 Å². The van der Waals surface area contributed by atoms with Crippen LogP contribution in [0.15, 0.2) is 54.6 Å². The molecule has 1 aliphatic rings. The van der Waals surface area contributed by atoms with Crippen molar-refractivity contribution in [2.45, 2.75) is 33.2 Å². The van der Waals surface area contributed by atoms with E-state index >= 15 is 0 Å². The summed E-state index contributed by atoms with van der Waals surface area (Å²) in [5.41, 5.74) is 3.17. The number of hydrogen-bond donors (Lipinski definition) is 2. The van der Waals surface area contributed by atoms with Gasteiger partial charge in [-0.25, -0.2) is 0 Å². The van der Waals surface area contributed by atoms with Crippen molar-refractivity contribution in [2.75, 3.05) is 18.4 Å². The minimum atomic E-state index is -0.160. The van der Waals surface area contributed by atoms with Crippen molar-refractivity contribution in [1.82, 2.24) is 0 Å². The predicted octanol–water partition coefficient (Wildman–Crippen LogP) is 3.24. The fourth-order valence-electron chi connectivity index (χ4n) is 4.14. The molecule has 0 aliphatic carbocycles. The van der Waals surface area contributed by atoms with E-state index in [2.05, 4.69) is 38.2 Å². The number of aryl methyl sites for hydroxylation is 1. The van der Waals surface area contributed by atoms with Crippen LogP contribution in [0.1, 0.15) is 37.4 Å². The average Bonchev–Trinajstić information content (AvgIpc) is 2.57. The lowest BCUT2D eigenvalue weighted by atomic mass is 9.89. The van der Waals surface area contributed by atoms with E-state index in [0.717, 1.165) is 24.3 Å². The van der Waals surface area contributed by atoms with Crippen LogP contribution in [0.4, 0.5) is 5.69 Å². The molecule has 2 aromatic carbocycles. The van der Waals surface area contributed by atoms with E-state index in [1.165, 1.54) is 16.9 Å². The van der Waals surface area contributed by atoms with Gasteiger partial charge in [0.15, 0.2) is 6.04 Å². The number of nitrogens with one attached hydrogen (secondary N) is 2. The number of likely N-dealkylation sites (tertiary alicyclic amines) is 1. The van der Waals surface area contributed by atoms with Gasteiger partial charge in [0, 0.05) is 23.1 Å². The van der Waals surface area contributed by atoms with Gasteiger partial charge in [-0.15, -0.1) is 0 Å². The van der Waals surface area contributed by atoms with Gasteiger partial charge in [0.2, 0.25) is 0 Å². The molecule has 3 nitrogen and oxygen atoms in total. The summed E-state index contributed by atoms with van der Waals surface area (Å²) in [6, 6.07) is 18.1. The van der Waals surface area contributed by atoms with Crippen LogP contribution in [0.2, 0.25) is 0 Å². The highest BCUT2D eigenvalue weighted by atomic mass is 16.2. The standard InChI is InChI=1S/C22H28N2O/c1-16-9-11-20(12-10-16)23-22(25)21(19-7-5-4-6-8-19)24-14-17(2)13-18(3)15-24/h4-12,17-18,21H,13-15H2,1-3H3,(H,23,25)/p+1/t17-,18+,21-/m1/s1. The van der Waals surface area contributed by atoms with Crippen LogP contribution in [0.3, 0.4) is 0 Å². The largest absolute Gasteiger partial charge is 0.321 e. The van der Waals surface area contributed by atoms with Crippen LogP contribution in [0.25, 0.3) is 0 Å². The Bertz CT molecular complexity index is 686. The number of carbonyl (C=O) groups is 1. The lowest BCUT2D eigenvalue weighted by molar-refractivity contribution is -0.933. The summed E-state index contributed by atoms with van der Waals surface area (Å²) in [7, 11) is 0. The van der Waals surface area contributed by atoms with Gasteiger partial charge in [0.25, 0.3) is 5.91 Å². The van der Waals surface area contributed by atoms with E-state index < -0.39 is 0 Å². The lowest BCUT2D eigenvalue weighted by Crippen LogP contribution is -3.15. The van der Waals surface area contributed by atoms with Gasteiger partial charge in [0.1, 0.15) is 0 Å². The molecule has 0 bridgehead atoms. The highest BCUT2D eigenvalue weighted by Gasteiger charge is 2.36. The molecule has 0 spiro atoms. The lowest BCUT2D eigenvalue weighted by Gasteiger charge is -2.36. The monoisotopic (exact) mass is 337 g/mol. The molecule has 25 heavy (non-hydrogen) atoms. The van der Waals surface area contributed by atoms with Crippen LogP contribution in [0, 0.1) is 18.8 Å². The number of hydrogen-bond acceptors (Lipinski definition) is 1. The molecular formula is C22H29N2O+. The third-order valence-electron chi connectivity index (χ3n) is 5.15. The van der Waals surface area contributed by atoms with Crippen LogP contribution in [0.5, 0.6) is 0 Å². The molecule has 0 aromatic heterocycles. The molecule has 1 amide bonds. The summed E-state index contributed by atoms with van der Waals surface area (Å²) in [6.45, 7) is 8.75. The van der Waals surface area contributed by atoms with E-state index in [1.54, 1.807) is 0 Å². The molecule has 0 radical (unpaired) electrons. The number of quaternary nitrogens is 1. The predicted molar refractivity (Wildman–Crippen MR) is 103 cm³/mol. The minimum absolute atomic E-state index is 0.0892. The molecule has 4 atom stereocenters. The van der Waals surface area contributed by atoms with Gasteiger partial charge in [-0.2, -0.15) is 0 Å². The molecule has 1 heterocycles. The summed E-state index contributed by atoms with van der Waals surface area (Å²) >= 11 is 0. The highest BCUT2D eigenvalue weighted by Crippen LogP contribution is 2.18. The summed E-state index contributed by atoms with van der Waals surface area (Å²) < 4.78 is 0. The zero-order chi connectivity index (χ0) is 17.8. The first-order chi connectivity index (χ1) is 12.0. The summed E-state index contributed by atoms with van der Waals surface area (Å²) in [4.78, 5) is 14.6. The maximum Gasteiger partial charge on any atom is 0.287 e. The van der Waals surface area contributed by atoms with E-state index in [4.69, 9.17) is 0 Å². The number of anilines is 1. The van der Waals surface area contributed by atoms with Gasteiger partial charge in [-0.05, 0) is 25.5 Å². The number of piperidine rings is 1. The Morgan fingerprint density at radius 3 is 2.20 bits per heavy atom.